The SMILES string of the molecule is CCC1=C(C(=O)OC)C(c2cc(Cl)c(OCC(C)C)c(Cl)c2)NC(=O)N1. The fraction of sp³-hybridized carbons (Fsp3) is 0.444. The number of halogens is 2. The zero-order chi connectivity index (χ0) is 19.4. The summed E-state index contributed by atoms with van der Waals surface area (Å²) in [5.41, 5.74) is 1.38. The average Bonchev–Trinajstić information content (AvgIpc) is 2.59. The highest BCUT2D eigenvalue weighted by molar-refractivity contribution is 6.37. The van der Waals surface area contributed by atoms with Crippen molar-refractivity contribution in [1.82, 2.24) is 10.6 Å². The molecule has 0 radical (unpaired) electrons. The smallest absolute Gasteiger partial charge is 0.337 e. The first kappa shape index (κ1) is 20.4. The lowest BCUT2D eigenvalue weighted by atomic mass is 9.94. The Bertz CT molecular complexity index is 724. The number of methoxy groups -OCH3 is 1. The number of allylic oxidation sites excluding steroid dienone is 1. The van der Waals surface area contributed by atoms with Gasteiger partial charge in [-0.15, -0.1) is 0 Å². The number of rotatable bonds is 6. The molecular formula is C18H22Cl2N2O4. The minimum absolute atomic E-state index is 0.309. The highest BCUT2D eigenvalue weighted by Gasteiger charge is 2.33. The Morgan fingerprint density at radius 2 is 1.88 bits per heavy atom. The molecule has 0 spiro atoms. The molecule has 1 aliphatic rings. The molecule has 0 aliphatic carbocycles. The lowest BCUT2D eigenvalue weighted by molar-refractivity contribution is -0.136. The summed E-state index contributed by atoms with van der Waals surface area (Å²) in [4.78, 5) is 24.3. The highest BCUT2D eigenvalue weighted by Crippen LogP contribution is 2.38. The summed E-state index contributed by atoms with van der Waals surface area (Å²) in [5, 5.41) is 5.98. The summed E-state index contributed by atoms with van der Waals surface area (Å²) in [6.45, 7) is 6.33. The van der Waals surface area contributed by atoms with Crippen LogP contribution in [0.2, 0.25) is 10.0 Å². The second-order valence-electron chi connectivity index (χ2n) is 6.29. The van der Waals surface area contributed by atoms with Crippen molar-refractivity contribution in [3.05, 3.63) is 39.0 Å². The van der Waals surface area contributed by atoms with E-state index in [1.165, 1.54) is 7.11 Å². The molecule has 0 saturated heterocycles. The van der Waals surface area contributed by atoms with E-state index in [1.54, 1.807) is 12.1 Å². The van der Waals surface area contributed by atoms with E-state index >= 15 is 0 Å². The predicted octanol–water partition coefficient (Wildman–Crippen LogP) is 4.22. The standard InChI is InChI=1S/C18H22Cl2N2O4/c1-5-13-14(17(23)25-4)15(22-18(24)21-13)10-6-11(19)16(12(20)7-10)26-8-9(2)3/h6-7,9,15H,5,8H2,1-4H3,(H2,21,22,24). The zero-order valence-electron chi connectivity index (χ0n) is 15.1. The van der Waals surface area contributed by atoms with Crippen molar-refractivity contribution in [2.24, 2.45) is 5.92 Å². The fourth-order valence-corrected chi connectivity index (χ4v) is 3.24. The molecule has 0 aromatic heterocycles. The number of esters is 1. The van der Waals surface area contributed by atoms with Crippen molar-refractivity contribution in [2.45, 2.75) is 33.2 Å². The van der Waals surface area contributed by atoms with Crippen molar-refractivity contribution in [1.29, 1.82) is 0 Å². The van der Waals surface area contributed by atoms with E-state index in [0.29, 0.717) is 51.6 Å². The number of carbonyl (C=O) groups is 2. The molecule has 8 heteroatoms. The van der Waals surface area contributed by atoms with E-state index in [-0.39, 0.29) is 0 Å². The Balaban J connectivity index is 2.47. The quantitative estimate of drug-likeness (QED) is 0.700. The number of carbonyl (C=O) groups excluding carboxylic acids is 2. The van der Waals surface area contributed by atoms with E-state index < -0.39 is 18.0 Å². The van der Waals surface area contributed by atoms with Crippen LogP contribution in [0, 0.1) is 5.92 Å². The van der Waals surface area contributed by atoms with Gasteiger partial charge < -0.3 is 20.1 Å². The first-order valence-corrected chi connectivity index (χ1v) is 9.04. The van der Waals surface area contributed by atoms with Gasteiger partial charge in [0.1, 0.15) is 0 Å². The van der Waals surface area contributed by atoms with E-state index in [1.807, 2.05) is 20.8 Å². The normalized spacial score (nSPS) is 17.0. The molecule has 1 heterocycles. The number of ether oxygens (including phenoxy) is 2. The number of nitrogens with one attached hydrogen (secondary N) is 2. The third-order valence-electron chi connectivity index (χ3n) is 3.83. The van der Waals surface area contributed by atoms with Crippen LogP contribution in [0.3, 0.4) is 0 Å². The Hall–Kier alpha value is -1.92. The van der Waals surface area contributed by atoms with Gasteiger partial charge in [0.25, 0.3) is 0 Å². The zero-order valence-corrected chi connectivity index (χ0v) is 16.6. The van der Waals surface area contributed by atoms with E-state index in [4.69, 9.17) is 32.7 Å². The minimum Gasteiger partial charge on any atom is -0.490 e. The third kappa shape index (κ3) is 4.43. The van der Waals surface area contributed by atoms with Crippen molar-refractivity contribution >= 4 is 35.2 Å². The molecule has 1 aromatic rings. The van der Waals surface area contributed by atoms with Gasteiger partial charge in [0.05, 0.1) is 35.4 Å². The van der Waals surface area contributed by atoms with Gasteiger partial charge in [0, 0.05) is 5.70 Å². The fourth-order valence-electron chi connectivity index (χ4n) is 2.63. The summed E-state index contributed by atoms with van der Waals surface area (Å²) in [7, 11) is 1.29. The monoisotopic (exact) mass is 400 g/mol. The Morgan fingerprint density at radius 3 is 2.38 bits per heavy atom. The largest absolute Gasteiger partial charge is 0.490 e. The van der Waals surface area contributed by atoms with Gasteiger partial charge in [-0.1, -0.05) is 44.0 Å². The number of amides is 2. The summed E-state index contributed by atoms with van der Waals surface area (Å²) in [5.74, 6) is 0.156. The second kappa shape index (κ2) is 8.64. The van der Waals surface area contributed by atoms with E-state index in [9.17, 15) is 9.59 Å². The summed E-state index contributed by atoms with van der Waals surface area (Å²) < 4.78 is 10.5. The topological polar surface area (TPSA) is 76.7 Å². The lowest BCUT2D eigenvalue weighted by Gasteiger charge is -2.29. The Labute approximate surface area is 162 Å². The van der Waals surface area contributed by atoms with Crippen LogP contribution in [-0.4, -0.2) is 25.7 Å². The molecule has 1 unspecified atom stereocenters. The summed E-state index contributed by atoms with van der Waals surface area (Å²) in [6.07, 6.45) is 0.464. The average molecular weight is 401 g/mol. The van der Waals surface area contributed by atoms with Gasteiger partial charge in [0.15, 0.2) is 5.75 Å². The maximum atomic E-state index is 12.3. The first-order valence-electron chi connectivity index (χ1n) is 8.29. The number of hydrogen-bond acceptors (Lipinski definition) is 4. The van der Waals surface area contributed by atoms with Crippen LogP contribution in [-0.2, 0) is 9.53 Å². The van der Waals surface area contributed by atoms with Crippen LogP contribution in [0.25, 0.3) is 0 Å². The summed E-state index contributed by atoms with van der Waals surface area (Å²) >= 11 is 12.7. The summed E-state index contributed by atoms with van der Waals surface area (Å²) in [6, 6.07) is 2.14. The highest BCUT2D eigenvalue weighted by atomic mass is 35.5. The molecule has 6 nitrogen and oxygen atoms in total. The Morgan fingerprint density at radius 1 is 1.27 bits per heavy atom. The van der Waals surface area contributed by atoms with Gasteiger partial charge in [-0.05, 0) is 30.0 Å². The predicted molar refractivity (Wildman–Crippen MR) is 101 cm³/mol. The van der Waals surface area contributed by atoms with Crippen LogP contribution >= 0.6 is 23.2 Å². The van der Waals surface area contributed by atoms with Gasteiger partial charge >= 0.3 is 12.0 Å². The van der Waals surface area contributed by atoms with Crippen LogP contribution < -0.4 is 15.4 Å². The molecule has 142 valence electrons. The van der Waals surface area contributed by atoms with Gasteiger partial charge in [-0.2, -0.15) is 0 Å². The number of benzene rings is 1. The van der Waals surface area contributed by atoms with E-state index in [0.717, 1.165) is 0 Å². The van der Waals surface area contributed by atoms with Crippen molar-refractivity contribution in [3.63, 3.8) is 0 Å². The molecule has 0 bridgehead atoms. The van der Waals surface area contributed by atoms with Crippen LogP contribution in [0.5, 0.6) is 5.75 Å². The minimum atomic E-state index is -0.722. The van der Waals surface area contributed by atoms with Gasteiger partial charge in [-0.25, -0.2) is 9.59 Å². The molecule has 1 aromatic carbocycles. The second-order valence-corrected chi connectivity index (χ2v) is 7.10. The van der Waals surface area contributed by atoms with Crippen molar-refractivity contribution < 1.29 is 19.1 Å². The molecule has 1 atom stereocenters. The molecule has 0 fully saturated rings. The maximum Gasteiger partial charge on any atom is 0.337 e. The third-order valence-corrected chi connectivity index (χ3v) is 4.39. The molecule has 2 N–H and O–H groups in total. The molecule has 2 rings (SSSR count). The van der Waals surface area contributed by atoms with Crippen LogP contribution in [0.1, 0.15) is 38.8 Å². The maximum absolute atomic E-state index is 12.3. The van der Waals surface area contributed by atoms with Gasteiger partial charge in [-0.3, -0.25) is 0 Å². The van der Waals surface area contributed by atoms with E-state index in [2.05, 4.69) is 10.6 Å². The molecule has 1 aliphatic heterocycles. The lowest BCUT2D eigenvalue weighted by Crippen LogP contribution is -2.45. The molecular weight excluding hydrogens is 379 g/mol. The van der Waals surface area contributed by atoms with Crippen molar-refractivity contribution in [3.8, 4) is 5.75 Å². The van der Waals surface area contributed by atoms with Crippen molar-refractivity contribution in [2.75, 3.05) is 13.7 Å². The van der Waals surface area contributed by atoms with Crippen LogP contribution in [0.4, 0.5) is 4.79 Å². The molecule has 2 amide bonds. The number of hydrogen-bond donors (Lipinski definition) is 2. The number of urea groups is 1. The molecule has 0 saturated carbocycles. The first-order chi connectivity index (χ1) is 12.3. The molecule has 26 heavy (non-hydrogen) atoms. The van der Waals surface area contributed by atoms with Gasteiger partial charge in [0.2, 0.25) is 0 Å². The Kier molecular flexibility index (Phi) is 6.78. The van der Waals surface area contributed by atoms with Crippen LogP contribution in [0.15, 0.2) is 23.4 Å².